The number of carbonyl (C=O) groups excluding carboxylic acids is 2. The van der Waals surface area contributed by atoms with Gasteiger partial charge in [-0.05, 0) is 12.8 Å². The standard InChI is InChI=1S/C17H18N2O4/c20-16(19-13-8-4-5-9-13)15(12-6-2-1-3-7-12)22-17(21)14-10-11-18-23-14/h1-3,6-7,10-11,13,15H,4-5,8-9H2,(H,19,20)/t15-/m0/s1. The van der Waals surface area contributed by atoms with Crippen molar-refractivity contribution < 1.29 is 18.8 Å². The first-order valence-corrected chi connectivity index (χ1v) is 7.71. The van der Waals surface area contributed by atoms with Crippen molar-refractivity contribution in [3.8, 4) is 0 Å². The normalized spacial score (nSPS) is 16.0. The molecule has 3 rings (SSSR count). The Balaban J connectivity index is 1.76. The van der Waals surface area contributed by atoms with Crippen LogP contribution in [0, 0.1) is 0 Å². The lowest BCUT2D eigenvalue weighted by Crippen LogP contribution is -2.38. The molecule has 1 aliphatic carbocycles. The Hall–Kier alpha value is -2.63. The van der Waals surface area contributed by atoms with Gasteiger partial charge in [0, 0.05) is 17.7 Å². The lowest BCUT2D eigenvalue weighted by atomic mass is 10.1. The molecule has 23 heavy (non-hydrogen) atoms. The molecule has 120 valence electrons. The van der Waals surface area contributed by atoms with Gasteiger partial charge in [-0.15, -0.1) is 0 Å². The number of rotatable bonds is 5. The zero-order valence-corrected chi connectivity index (χ0v) is 12.6. The second-order valence-corrected chi connectivity index (χ2v) is 5.56. The maximum absolute atomic E-state index is 12.6. The van der Waals surface area contributed by atoms with Gasteiger partial charge in [-0.2, -0.15) is 0 Å². The summed E-state index contributed by atoms with van der Waals surface area (Å²) in [5, 5.41) is 6.44. The van der Waals surface area contributed by atoms with Gasteiger partial charge in [-0.1, -0.05) is 48.3 Å². The molecule has 1 aromatic heterocycles. The molecule has 1 amide bonds. The van der Waals surface area contributed by atoms with Crippen molar-refractivity contribution in [1.29, 1.82) is 0 Å². The Labute approximate surface area is 133 Å². The maximum Gasteiger partial charge on any atom is 0.378 e. The minimum Gasteiger partial charge on any atom is -0.441 e. The number of hydrogen-bond acceptors (Lipinski definition) is 5. The average Bonchev–Trinajstić information content (AvgIpc) is 3.26. The van der Waals surface area contributed by atoms with E-state index in [2.05, 4.69) is 10.5 Å². The third-order valence-electron chi connectivity index (χ3n) is 3.91. The van der Waals surface area contributed by atoms with Gasteiger partial charge in [0.2, 0.25) is 11.9 Å². The summed E-state index contributed by atoms with van der Waals surface area (Å²) in [5.41, 5.74) is 0.621. The molecule has 0 spiro atoms. The van der Waals surface area contributed by atoms with E-state index in [1.165, 1.54) is 12.3 Å². The first-order valence-electron chi connectivity index (χ1n) is 7.71. The molecule has 0 unspecified atom stereocenters. The molecule has 1 N–H and O–H groups in total. The van der Waals surface area contributed by atoms with E-state index in [1.807, 2.05) is 6.07 Å². The first-order chi connectivity index (χ1) is 11.2. The average molecular weight is 314 g/mol. The number of nitrogens with one attached hydrogen (secondary N) is 1. The molecule has 6 nitrogen and oxygen atoms in total. The van der Waals surface area contributed by atoms with Crippen molar-refractivity contribution in [2.45, 2.75) is 37.8 Å². The number of esters is 1. The Morgan fingerprint density at radius 2 is 1.91 bits per heavy atom. The van der Waals surface area contributed by atoms with Crippen LogP contribution in [0.15, 0.2) is 47.1 Å². The fourth-order valence-corrected chi connectivity index (χ4v) is 2.73. The van der Waals surface area contributed by atoms with Crippen LogP contribution in [0.5, 0.6) is 0 Å². The number of carbonyl (C=O) groups is 2. The maximum atomic E-state index is 12.6. The highest BCUT2D eigenvalue weighted by Crippen LogP contribution is 2.22. The van der Waals surface area contributed by atoms with Crippen molar-refractivity contribution in [2.75, 3.05) is 0 Å². The number of aromatic nitrogens is 1. The molecule has 1 saturated carbocycles. The summed E-state index contributed by atoms with van der Waals surface area (Å²) in [5.74, 6) is -1.05. The third kappa shape index (κ3) is 3.77. The van der Waals surface area contributed by atoms with E-state index in [0.717, 1.165) is 25.7 Å². The summed E-state index contributed by atoms with van der Waals surface area (Å²) in [7, 11) is 0. The highest BCUT2D eigenvalue weighted by molar-refractivity contribution is 5.90. The van der Waals surface area contributed by atoms with Gasteiger partial charge in [0.25, 0.3) is 5.91 Å². The highest BCUT2D eigenvalue weighted by Gasteiger charge is 2.29. The zero-order chi connectivity index (χ0) is 16.1. The predicted octanol–water partition coefficient (Wildman–Crippen LogP) is 2.63. The molecule has 2 aromatic rings. The number of ether oxygens (including phenoxy) is 1. The van der Waals surface area contributed by atoms with Crippen molar-refractivity contribution in [3.05, 3.63) is 53.9 Å². The molecule has 0 aliphatic heterocycles. The van der Waals surface area contributed by atoms with E-state index >= 15 is 0 Å². The smallest absolute Gasteiger partial charge is 0.378 e. The molecule has 0 saturated heterocycles. The van der Waals surface area contributed by atoms with E-state index in [4.69, 9.17) is 9.26 Å². The van der Waals surface area contributed by atoms with Crippen molar-refractivity contribution >= 4 is 11.9 Å². The lowest BCUT2D eigenvalue weighted by molar-refractivity contribution is -0.131. The van der Waals surface area contributed by atoms with E-state index in [1.54, 1.807) is 24.3 Å². The summed E-state index contributed by atoms with van der Waals surface area (Å²) >= 11 is 0. The van der Waals surface area contributed by atoms with Crippen LogP contribution in [-0.2, 0) is 9.53 Å². The third-order valence-corrected chi connectivity index (χ3v) is 3.91. The van der Waals surface area contributed by atoms with Gasteiger partial charge >= 0.3 is 5.97 Å². The largest absolute Gasteiger partial charge is 0.441 e. The number of hydrogen-bond donors (Lipinski definition) is 1. The van der Waals surface area contributed by atoms with Gasteiger partial charge in [0.15, 0.2) is 0 Å². The van der Waals surface area contributed by atoms with E-state index in [9.17, 15) is 9.59 Å². The van der Waals surface area contributed by atoms with Crippen LogP contribution < -0.4 is 5.32 Å². The Morgan fingerprint density at radius 3 is 2.57 bits per heavy atom. The van der Waals surface area contributed by atoms with Crippen LogP contribution in [0.4, 0.5) is 0 Å². The molecule has 0 bridgehead atoms. The topological polar surface area (TPSA) is 81.4 Å². The van der Waals surface area contributed by atoms with Gasteiger partial charge in [0.05, 0.1) is 6.20 Å². The molecule has 6 heteroatoms. The van der Waals surface area contributed by atoms with E-state index in [-0.39, 0.29) is 17.7 Å². The van der Waals surface area contributed by atoms with Gasteiger partial charge in [-0.3, -0.25) is 4.79 Å². The number of amides is 1. The predicted molar refractivity (Wildman–Crippen MR) is 81.5 cm³/mol. The van der Waals surface area contributed by atoms with Crippen LogP contribution in [-0.4, -0.2) is 23.1 Å². The van der Waals surface area contributed by atoms with E-state index in [0.29, 0.717) is 5.56 Å². The van der Waals surface area contributed by atoms with Crippen molar-refractivity contribution in [2.24, 2.45) is 0 Å². The van der Waals surface area contributed by atoms with Gasteiger partial charge < -0.3 is 14.6 Å². The van der Waals surface area contributed by atoms with Crippen LogP contribution in [0.25, 0.3) is 0 Å². The molecule has 1 fully saturated rings. The summed E-state index contributed by atoms with van der Waals surface area (Å²) in [6.45, 7) is 0. The molecule has 0 radical (unpaired) electrons. The Morgan fingerprint density at radius 1 is 1.17 bits per heavy atom. The summed E-state index contributed by atoms with van der Waals surface area (Å²) in [4.78, 5) is 24.7. The minimum absolute atomic E-state index is 0.0282. The van der Waals surface area contributed by atoms with Crippen molar-refractivity contribution in [3.63, 3.8) is 0 Å². The van der Waals surface area contributed by atoms with Gasteiger partial charge in [-0.25, -0.2) is 4.79 Å². The molecule has 1 atom stereocenters. The summed E-state index contributed by atoms with van der Waals surface area (Å²) < 4.78 is 10.2. The molecule has 1 heterocycles. The van der Waals surface area contributed by atoms with Crippen LogP contribution in [0.2, 0.25) is 0 Å². The number of benzene rings is 1. The summed E-state index contributed by atoms with van der Waals surface area (Å²) in [6.07, 6.45) is 4.49. The quantitative estimate of drug-likeness (QED) is 0.858. The molecule has 1 aromatic carbocycles. The van der Waals surface area contributed by atoms with Crippen LogP contribution in [0.3, 0.4) is 0 Å². The lowest BCUT2D eigenvalue weighted by Gasteiger charge is -2.20. The van der Waals surface area contributed by atoms with E-state index < -0.39 is 12.1 Å². The monoisotopic (exact) mass is 314 g/mol. The highest BCUT2D eigenvalue weighted by atomic mass is 16.6. The van der Waals surface area contributed by atoms with Crippen LogP contribution >= 0.6 is 0 Å². The second kappa shape index (κ2) is 7.09. The summed E-state index contributed by atoms with van der Waals surface area (Å²) in [6, 6.07) is 10.5. The molecule has 1 aliphatic rings. The Kier molecular flexibility index (Phi) is 4.71. The SMILES string of the molecule is O=C(O[C@H](C(=O)NC1CCCC1)c1ccccc1)c1ccno1. The molecular formula is C17H18N2O4. The minimum atomic E-state index is -1.01. The van der Waals surface area contributed by atoms with Gasteiger partial charge in [0.1, 0.15) is 0 Å². The van der Waals surface area contributed by atoms with Crippen LogP contribution in [0.1, 0.15) is 47.9 Å². The second-order valence-electron chi connectivity index (χ2n) is 5.56. The first kappa shape index (κ1) is 15.3. The molecular weight excluding hydrogens is 296 g/mol. The fourth-order valence-electron chi connectivity index (χ4n) is 2.73. The number of nitrogens with zero attached hydrogens (tertiary/aromatic N) is 1. The fraction of sp³-hybridized carbons (Fsp3) is 0.353. The zero-order valence-electron chi connectivity index (χ0n) is 12.6. The Bertz CT molecular complexity index is 648. The van der Waals surface area contributed by atoms with Crippen molar-refractivity contribution in [1.82, 2.24) is 10.5 Å².